The van der Waals surface area contributed by atoms with Crippen LogP contribution in [0, 0.1) is 18.3 Å². The number of nitrogens with zero attached hydrogens (tertiary/aromatic N) is 1. The second-order valence-electron chi connectivity index (χ2n) is 6.47. The summed E-state index contributed by atoms with van der Waals surface area (Å²) in [5, 5.41) is 3.60. The van der Waals surface area contributed by atoms with Gasteiger partial charge in [-0.2, -0.15) is 0 Å². The molecule has 0 unspecified atom stereocenters. The Balaban J connectivity index is 2.24. The molecule has 1 saturated carbocycles. The fourth-order valence-electron chi connectivity index (χ4n) is 3.35. The minimum atomic E-state index is -0.260. The van der Waals surface area contributed by atoms with Gasteiger partial charge in [0.1, 0.15) is 5.15 Å². The van der Waals surface area contributed by atoms with Gasteiger partial charge in [-0.25, -0.2) is 4.98 Å². The van der Waals surface area contributed by atoms with Gasteiger partial charge in [0.25, 0.3) is 0 Å². The van der Waals surface area contributed by atoms with Crippen molar-refractivity contribution in [3.05, 3.63) is 21.9 Å². The molecule has 21 heavy (non-hydrogen) atoms. The summed E-state index contributed by atoms with van der Waals surface area (Å²) in [6.07, 6.45) is 5.05. The third-order valence-electron chi connectivity index (χ3n) is 4.22. The highest BCUT2D eigenvalue weighted by molar-refractivity contribution is 6.34. The zero-order valence-corrected chi connectivity index (χ0v) is 14.3. The first-order valence-electron chi connectivity index (χ1n) is 7.48. The average molecular weight is 329 g/mol. The lowest BCUT2D eigenvalue weighted by Gasteiger charge is -2.30. The fraction of sp³-hybridized carbons (Fsp3) is 0.625. The number of hydrogen-bond acceptors (Lipinski definition) is 2. The number of pyridine rings is 1. The third kappa shape index (κ3) is 3.70. The van der Waals surface area contributed by atoms with Crippen molar-refractivity contribution in [1.82, 2.24) is 4.98 Å². The Hall–Kier alpha value is -0.800. The third-order valence-corrected chi connectivity index (χ3v) is 4.69. The number of aromatic nitrogens is 1. The van der Waals surface area contributed by atoms with Crippen molar-refractivity contribution in [2.24, 2.45) is 11.3 Å². The average Bonchev–Trinajstić information content (AvgIpc) is 2.82. The Morgan fingerprint density at radius 1 is 1.38 bits per heavy atom. The Labute approximate surface area is 136 Å². The molecule has 1 amide bonds. The number of carbonyl (C=O) groups excluding carboxylic acids is 1. The van der Waals surface area contributed by atoms with E-state index < -0.39 is 0 Å². The summed E-state index contributed by atoms with van der Waals surface area (Å²) in [7, 11) is 0. The fourth-order valence-corrected chi connectivity index (χ4v) is 3.93. The van der Waals surface area contributed by atoms with Crippen LogP contribution >= 0.6 is 23.2 Å². The quantitative estimate of drug-likeness (QED) is 0.767. The second kappa shape index (κ2) is 6.53. The standard InChI is InChI=1S/C16H22Cl2N2O/c1-10(2)9-16(6-4-5-7-16)15(21)20-13-11(3)8-12(17)19-14(13)18/h8,10H,4-7,9H2,1-3H3,(H,20,21). The molecule has 1 aromatic rings. The van der Waals surface area contributed by atoms with Crippen molar-refractivity contribution in [2.45, 2.75) is 52.9 Å². The van der Waals surface area contributed by atoms with Crippen molar-refractivity contribution >= 4 is 34.8 Å². The molecule has 0 radical (unpaired) electrons. The van der Waals surface area contributed by atoms with Crippen LogP contribution in [0.2, 0.25) is 10.3 Å². The first-order chi connectivity index (χ1) is 9.84. The molecule has 3 nitrogen and oxygen atoms in total. The van der Waals surface area contributed by atoms with Crippen molar-refractivity contribution in [3.8, 4) is 0 Å². The predicted molar refractivity (Wildman–Crippen MR) is 88.0 cm³/mol. The number of rotatable bonds is 4. The van der Waals surface area contributed by atoms with E-state index in [1.54, 1.807) is 6.07 Å². The van der Waals surface area contributed by atoms with Gasteiger partial charge >= 0.3 is 0 Å². The molecule has 1 N–H and O–H groups in total. The Bertz CT molecular complexity index is 514. The Morgan fingerprint density at radius 3 is 2.52 bits per heavy atom. The maximum Gasteiger partial charge on any atom is 0.230 e. The summed E-state index contributed by atoms with van der Waals surface area (Å²) in [6.45, 7) is 6.20. The summed E-state index contributed by atoms with van der Waals surface area (Å²) in [4.78, 5) is 16.8. The van der Waals surface area contributed by atoms with Crippen LogP contribution in [0.5, 0.6) is 0 Å². The lowest BCUT2D eigenvalue weighted by molar-refractivity contribution is -0.126. The van der Waals surface area contributed by atoms with Crippen molar-refractivity contribution < 1.29 is 4.79 Å². The van der Waals surface area contributed by atoms with E-state index in [2.05, 4.69) is 24.1 Å². The van der Waals surface area contributed by atoms with Gasteiger partial charge < -0.3 is 5.32 Å². The van der Waals surface area contributed by atoms with Crippen molar-refractivity contribution in [3.63, 3.8) is 0 Å². The summed E-state index contributed by atoms with van der Waals surface area (Å²) in [5.74, 6) is 0.566. The van der Waals surface area contributed by atoms with E-state index in [-0.39, 0.29) is 16.5 Å². The SMILES string of the molecule is Cc1cc(Cl)nc(Cl)c1NC(=O)C1(CC(C)C)CCCC1. The second-order valence-corrected chi connectivity index (χ2v) is 7.21. The minimum Gasteiger partial charge on any atom is -0.323 e. The maximum absolute atomic E-state index is 12.8. The van der Waals surface area contributed by atoms with Crippen molar-refractivity contribution in [2.75, 3.05) is 5.32 Å². The molecule has 1 aliphatic carbocycles. The van der Waals surface area contributed by atoms with Crippen LogP contribution < -0.4 is 5.32 Å². The van der Waals surface area contributed by atoms with E-state index in [0.29, 0.717) is 16.8 Å². The topological polar surface area (TPSA) is 42.0 Å². The normalized spacial score (nSPS) is 17.2. The molecule has 1 heterocycles. The molecule has 1 fully saturated rings. The summed E-state index contributed by atoms with van der Waals surface area (Å²) >= 11 is 12.0. The zero-order chi connectivity index (χ0) is 15.6. The molecule has 0 spiro atoms. The van der Waals surface area contributed by atoms with E-state index >= 15 is 0 Å². The zero-order valence-electron chi connectivity index (χ0n) is 12.8. The molecule has 0 saturated heterocycles. The van der Waals surface area contributed by atoms with Crippen LogP contribution in [0.15, 0.2) is 6.07 Å². The van der Waals surface area contributed by atoms with Crippen LogP contribution in [0.1, 0.15) is 51.5 Å². The molecule has 1 aliphatic rings. The van der Waals surface area contributed by atoms with Crippen LogP contribution in [-0.2, 0) is 4.79 Å². The van der Waals surface area contributed by atoms with Crippen LogP contribution in [0.25, 0.3) is 0 Å². The highest BCUT2D eigenvalue weighted by Gasteiger charge is 2.41. The van der Waals surface area contributed by atoms with Gasteiger partial charge in [-0.1, -0.05) is 49.9 Å². The maximum atomic E-state index is 12.8. The number of amides is 1. The highest BCUT2D eigenvalue weighted by Crippen LogP contribution is 2.44. The number of halogens is 2. The summed E-state index contributed by atoms with van der Waals surface area (Å²) in [5.41, 5.74) is 1.16. The van der Waals surface area contributed by atoms with Crippen LogP contribution in [0.3, 0.4) is 0 Å². The van der Waals surface area contributed by atoms with E-state index in [0.717, 1.165) is 37.7 Å². The lowest BCUT2D eigenvalue weighted by Crippen LogP contribution is -2.35. The summed E-state index contributed by atoms with van der Waals surface area (Å²) < 4.78 is 0. The molecular weight excluding hydrogens is 307 g/mol. The molecule has 0 bridgehead atoms. The number of anilines is 1. The van der Waals surface area contributed by atoms with Crippen molar-refractivity contribution in [1.29, 1.82) is 0 Å². The predicted octanol–water partition coefficient (Wildman–Crippen LogP) is 5.24. The first kappa shape index (κ1) is 16.6. The number of carbonyl (C=O) groups is 1. The van der Waals surface area contributed by atoms with Crippen LogP contribution in [-0.4, -0.2) is 10.9 Å². The molecule has 116 valence electrons. The van der Waals surface area contributed by atoms with E-state index in [1.807, 2.05) is 6.92 Å². The molecule has 5 heteroatoms. The largest absolute Gasteiger partial charge is 0.323 e. The number of hydrogen-bond donors (Lipinski definition) is 1. The number of nitrogens with one attached hydrogen (secondary N) is 1. The smallest absolute Gasteiger partial charge is 0.230 e. The Kier molecular flexibility index (Phi) is 5.15. The molecule has 0 aromatic carbocycles. The highest BCUT2D eigenvalue weighted by atomic mass is 35.5. The van der Waals surface area contributed by atoms with E-state index in [4.69, 9.17) is 23.2 Å². The first-order valence-corrected chi connectivity index (χ1v) is 8.24. The van der Waals surface area contributed by atoms with Gasteiger partial charge in [-0.05, 0) is 43.7 Å². The Morgan fingerprint density at radius 2 is 2.00 bits per heavy atom. The van der Waals surface area contributed by atoms with Gasteiger partial charge in [0.2, 0.25) is 5.91 Å². The van der Waals surface area contributed by atoms with Crippen LogP contribution in [0.4, 0.5) is 5.69 Å². The molecular formula is C16H22Cl2N2O. The molecule has 0 aliphatic heterocycles. The van der Waals surface area contributed by atoms with Gasteiger partial charge in [-0.3, -0.25) is 4.79 Å². The molecule has 0 atom stereocenters. The van der Waals surface area contributed by atoms with Gasteiger partial charge in [0.15, 0.2) is 5.15 Å². The minimum absolute atomic E-state index is 0.0721. The molecule has 1 aromatic heterocycles. The van der Waals surface area contributed by atoms with E-state index in [9.17, 15) is 4.79 Å². The van der Waals surface area contributed by atoms with Gasteiger partial charge in [0.05, 0.1) is 5.69 Å². The van der Waals surface area contributed by atoms with Gasteiger partial charge in [0, 0.05) is 5.41 Å². The van der Waals surface area contributed by atoms with Gasteiger partial charge in [-0.15, -0.1) is 0 Å². The molecule has 2 rings (SSSR count). The monoisotopic (exact) mass is 328 g/mol. The summed E-state index contributed by atoms with van der Waals surface area (Å²) in [6, 6.07) is 1.72. The number of aryl methyl sites for hydroxylation is 1. The van der Waals surface area contributed by atoms with E-state index in [1.165, 1.54) is 0 Å². The lowest BCUT2D eigenvalue weighted by atomic mass is 9.77.